The summed E-state index contributed by atoms with van der Waals surface area (Å²) in [6.07, 6.45) is 0.985. The maximum Gasteiger partial charge on any atom is 0.328 e. The second-order valence-electron chi connectivity index (χ2n) is 6.46. The Hall–Kier alpha value is -1.55. The van der Waals surface area contributed by atoms with Crippen molar-refractivity contribution in [2.24, 2.45) is 0 Å². The molecule has 0 saturated carbocycles. The van der Waals surface area contributed by atoms with Gasteiger partial charge >= 0.3 is 5.69 Å². The molecule has 168 valence electrons. The van der Waals surface area contributed by atoms with Crippen LogP contribution in [0.15, 0.2) is 15.8 Å². The third-order valence-corrected chi connectivity index (χ3v) is 6.57. The lowest BCUT2D eigenvalue weighted by Gasteiger charge is -2.19. The second-order valence-corrected chi connectivity index (χ2v) is 8.35. The highest BCUT2D eigenvalue weighted by atomic mass is 35.5. The zero-order valence-corrected chi connectivity index (χ0v) is 19.7. The Morgan fingerprint density at radius 3 is 2.16 bits per heavy atom. The minimum absolute atomic E-state index is 0.0531. The van der Waals surface area contributed by atoms with Crippen LogP contribution in [0.5, 0.6) is 0 Å². The van der Waals surface area contributed by atoms with Gasteiger partial charge in [0.15, 0.2) is 5.78 Å². The molecule has 0 radical (unpaired) electrons. The zero-order valence-electron chi connectivity index (χ0n) is 15.9. The van der Waals surface area contributed by atoms with Gasteiger partial charge in [-0.05, 0) is 13.3 Å². The van der Waals surface area contributed by atoms with Gasteiger partial charge in [-0.3, -0.25) is 23.9 Å². The van der Waals surface area contributed by atoms with Gasteiger partial charge in [0, 0.05) is 31.3 Å². The highest BCUT2D eigenvalue weighted by Gasteiger charge is 2.29. The van der Waals surface area contributed by atoms with Crippen LogP contribution >= 0.6 is 58.0 Å². The molecule has 0 spiro atoms. The zero-order chi connectivity index (χ0) is 23.5. The van der Waals surface area contributed by atoms with Gasteiger partial charge in [0.05, 0.1) is 36.7 Å². The van der Waals surface area contributed by atoms with Gasteiger partial charge in [0.1, 0.15) is 0 Å². The number of aryl methyl sites for hydroxylation is 2. The van der Waals surface area contributed by atoms with Crippen molar-refractivity contribution in [2.75, 3.05) is 6.61 Å². The molecular weight excluding hydrogens is 515 g/mol. The number of Topliss-reactive ketones (excluding diaryl/α,β-unsaturated/α-hetero) is 1. The summed E-state index contributed by atoms with van der Waals surface area (Å²) in [5.74, 6) is -1.32. The molecule has 0 fully saturated rings. The third kappa shape index (κ3) is 5.83. The van der Waals surface area contributed by atoms with Crippen LogP contribution < -0.4 is 16.6 Å². The smallest absolute Gasteiger partial charge is 0.328 e. The van der Waals surface area contributed by atoms with E-state index in [-0.39, 0.29) is 50.1 Å². The summed E-state index contributed by atoms with van der Waals surface area (Å²) >= 11 is 30.1. The van der Waals surface area contributed by atoms with Crippen molar-refractivity contribution >= 4 is 69.7 Å². The van der Waals surface area contributed by atoms with E-state index in [0.29, 0.717) is 5.56 Å². The van der Waals surface area contributed by atoms with Crippen LogP contribution in [0, 0.1) is 6.92 Å². The van der Waals surface area contributed by atoms with Crippen molar-refractivity contribution in [3.8, 4) is 0 Å². The molecule has 2 rings (SSSR count). The number of ketones is 1. The van der Waals surface area contributed by atoms with Crippen LogP contribution in [0.4, 0.5) is 0 Å². The lowest BCUT2D eigenvalue weighted by Crippen LogP contribution is -2.42. The first kappa shape index (κ1) is 25.7. The number of carbonyl (C=O) groups excluding carboxylic acids is 2. The highest BCUT2D eigenvalue weighted by molar-refractivity contribution is 6.56. The molecule has 0 aliphatic carbocycles. The van der Waals surface area contributed by atoms with E-state index in [0.717, 1.165) is 4.57 Å². The van der Waals surface area contributed by atoms with Crippen LogP contribution in [0.1, 0.15) is 28.8 Å². The van der Waals surface area contributed by atoms with Crippen LogP contribution in [-0.2, 0) is 11.3 Å². The van der Waals surface area contributed by atoms with Gasteiger partial charge in [-0.15, -0.1) is 0 Å². The molecule has 0 saturated heterocycles. The van der Waals surface area contributed by atoms with E-state index in [1.54, 1.807) is 0 Å². The van der Waals surface area contributed by atoms with Crippen molar-refractivity contribution < 1.29 is 14.7 Å². The molecular formula is C18H16Cl5N3O5. The van der Waals surface area contributed by atoms with Crippen LogP contribution in [0.2, 0.25) is 25.1 Å². The molecule has 3 N–H and O–H groups in total. The van der Waals surface area contributed by atoms with Crippen molar-refractivity contribution in [2.45, 2.75) is 32.4 Å². The van der Waals surface area contributed by atoms with Gasteiger partial charge in [-0.2, -0.15) is 0 Å². The number of aliphatic hydroxyl groups is 1. The van der Waals surface area contributed by atoms with Crippen molar-refractivity contribution in [1.82, 2.24) is 14.9 Å². The summed E-state index contributed by atoms with van der Waals surface area (Å²) in [4.78, 5) is 50.7. The fourth-order valence-electron chi connectivity index (χ4n) is 2.67. The average molecular weight is 532 g/mol. The quantitative estimate of drug-likeness (QED) is 0.274. The molecule has 2 aromatic rings. The number of nitrogens with zero attached hydrogens (tertiary/aromatic N) is 1. The minimum atomic E-state index is -1.20. The Morgan fingerprint density at radius 2 is 1.61 bits per heavy atom. The maximum absolute atomic E-state index is 13.0. The number of aromatic amines is 1. The third-order valence-electron chi connectivity index (χ3n) is 4.29. The molecule has 13 heteroatoms. The number of carbonyl (C=O) groups is 2. The molecule has 8 nitrogen and oxygen atoms in total. The van der Waals surface area contributed by atoms with E-state index >= 15 is 0 Å². The Balaban J connectivity index is 2.23. The molecule has 1 aromatic carbocycles. The normalized spacial score (nSPS) is 12.0. The van der Waals surface area contributed by atoms with E-state index in [1.807, 2.05) is 0 Å². The number of nitrogens with one attached hydrogen (secondary N) is 2. The fourth-order valence-corrected chi connectivity index (χ4v) is 3.99. The summed E-state index contributed by atoms with van der Waals surface area (Å²) in [6.45, 7) is 1.03. The average Bonchev–Trinajstić information content (AvgIpc) is 2.72. The summed E-state index contributed by atoms with van der Waals surface area (Å²) in [6, 6.07) is -1.20. The first-order valence-electron chi connectivity index (χ1n) is 8.75. The maximum atomic E-state index is 13.0. The SMILES string of the molecule is Cc1cn(CCC(=O)NC(CCO)C(=O)c2c(Cl)c(Cl)c(Cl)c(Cl)c2Cl)c(=O)[nH]c1=O. The Morgan fingerprint density at radius 1 is 1.06 bits per heavy atom. The summed E-state index contributed by atoms with van der Waals surface area (Å²) in [5, 5.41) is 10.8. The summed E-state index contributed by atoms with van der Waals surface area (Å²) < 4.78 is 1.16. The Kier molecular flexibility index (Phi) is 9.00. The number of halogens is 5. The minimum Gasteiger partial charge on any atom is -0.396 e. The van der Waals surface area contributed by atoms with Gasteiger partial charge in [-0.25, -0.2) is 4.79 Å². The number of aromatic nitrogens is 2. The van der Waals surface area contributed by atoms with E-state index in [4.69, 9.17) is 58.0 Å². The standard InChI is InChI=1S/C18H16Cl5N3O5/c1-7-6-26(18(31)25-17(7)30)4-2-9(28)24-8(3-5-27)16(29)10-11(19)13(21)15(23)14(22)12(10)20/h6,8,27H,2-5H2,1H3,(H,24,28)(H,25,30,31). The predicted octanol–water partition coefficient (Wildman–Crippen LogP) is 3.25. The van der Waals surface area contributed by atoms with Crippen LogP contribution in [0.25, 0.3) is 0 Å². The van der Waals surface area contributed by atoms with E-state index in [1.165, 1.54) is 13.1 Å². The van der Waals surface area contributed by atoms with Crippen molar-refractivity contribution in [1.29, 1.82) is 0 Å². The topological polar surface area (TPSA) is 121 Å². The molecule has 0 aliphatic rings. The number of hydrogen-bond donors (Lipinski definition) is 3. The Bertz CT molecular complexity index is 1120. The first-order valence-corrected chi connectivity index (χ1v) is 10.6. The predicted molar refractivity (Wildman–Crippen MR) is 120 cm³/mol. The van der Waals surface area contributed by atoms with E-state index in [9.17, 15) is 24.3 Å². The summed E-state index contributed by atoms with van der Waals surface area (Å²) in [5.41, 5.74) is -1.13. The largest absolute Gasteiger partial charge is 0.396 e. The molecule has 0 aliphatic heterocycles. The fraction of sp³-hybridized carbons (Fsp3) is 0.333. The number of hydrogen-bond acceptors (Lipinski definition) is 5. The molecule has 1 heterocycles. The van der Waals surface area contributed by atoms with Crippen molar-refractivity contribution in [3.05, 3.63) is 63.3 Å². The lowest BCUT2D eigenvalue weighted by atomic mass is 10.0. The Labute approximate surface area is 201 Å². The van der Waals surface area contributed by atoms with Gasteiger partial charge < -0.3 is 10.4 Å². The summed E-state index contributed by atoms with van der Waals surface area (Å²) in [7, 11) is 0. The molecule has 0 bridgehead atoms. The van der Waals surface area contributed by atoms with Crippen molar-refractivity contribution in [3.63, 3.8) is 0 Å². The van der Waals surface area contributed by atoms with Gasteiger partial charge in [-0.1, -0.05) is 58.0 Å². The molecule has 1 amide bonds. The number of aliphatic hydroxyl groups excluding tert-OH is 1. The monoisotopic (exact) mass is 529 g/mol. The van der Waals surface area contributed by atoms with E-state index < -0.39 is 35.6 Å². The number of benzene rings is 1. The van der Waals surface area contributed by atoms with Gasteiger partial charge in [0.25, 0.3) is 5.56 Å². The second kappa shape index (κ2) is 10.8. The molecule has 1 unspecified atom stereocenters. The lowest BCUT2D eigenvalue weighted by molar-refractivity contribution is -0.121. The van der Waals surface area contributed by atoms with Gasteiger partial charge in [0.2, 0.25) is 5.91 Å². The van der Waals surface area contributed by atoms with Crippen LogP contribution in [-0.4, -0.2) is 39.0 Å². The number of amides is 1. The number of H-pyrrole nitrogens is 1. The van der Waals surface area contributed by atoms with E-state index in [2.05, 4.69) is 10.3 Å². The first-order chi connectivity index (χ1) is 14.5. The molecule has 1 atom stereocenters. The highest BCUT2D eigenvalue weighted by Crippen LogP contribution is 2.44. The van der Waals surface area contributed by atoms with Crippen LogP contribution in [0.3, 0.4) is 0 Å². The molecule has 1 aromatic heterocycles. The number of rotatable bonds is 8. The molecule has 31 heavy (non-hydrogen) atoms.